The SMILES string of the molecule is CCCCCCCCCCCCCCCC(=O)O[C@H](COC(=O)CCCCCCCCCCCC(C)C)COP(=O)(O)OC[C@H](O)COP(=O)(O)OC[C@@H](COC(=O)CCCCCCCCCCCCCCCCCC(C)C)OC(=O)CCCCCCCCCCCCCCCCCCC(C)C. The molecule has 19 heteroatoms. The van der Waals surface area contributed by atoms with Gasteiger partial charge in [0.2, 0.25) is 0 Å². The van der Waals surface area contributed by atoms with Crippen molar-refractivity contribution in [1.29, 1.82) is 0 Å². The second-order valence-electron chi connectivity index (χ2n) is 31.3. The second kappa shape index (κ2) is 73.2. The number of hydrogen-bond donors (Lipinski definition) is 3. The first-order valence-electron chi connectivity index (χ1n) is 42.8. The first-order valence-corrected chi connectivity index (χ1v) is 45.8. The molecule has 0 heterocycles. The Bertz CT molecular complexity index is 1970. The minimum absolute atomic E-state index is 0.107. The summed E-state index contributed by atoms with van der Waals surface area (Å²) >= 11 is 0. The Kier molecular flexibility index (Phi) is 71.8. The number of carbonyl (C=O) groups excluding carboxylic acids is 4. The molecule has 0 aliphatic rings. The van der Waals surface area contributed by atoms with Crippen LogP contribution in [0.3, 0.4) is 0 Å². The maximum absolute atomic E-state index is 13.1. The van der Waals surface area contributed by atoms with Crippen molar-refractivity contribution in [3.63, 3.8) is 0 Å². The predicted molar refractivity (Wildman–Crippen MR) is 418 cm³/mol. The molecule has 0 saturated carbocycles. The standard InChI is InChI=1S/C83H162O17P2/c1-8-9-10-11-12-13-14-22-30-37-45-52-59-66-82(87)100-79(71-94-81(86)65-58-51-44-39-32-35-42-49-56-63-76(6)7)73-98-102(91,92)96-69-77(84)68-95-101(89,90)97-72-78(70-93-80(85)64-57-50-43-36-29-25-21-17-19-24-28-34-41-48-55-62-75(4)5)99-83(88)67-60-53-46-38-31-26-20-16-15-18-23-27-33-40-47-54-61-74(2)3/h74-79,84H,8-73H2,1-7H3,(H,89,90)(H,91,92)/t77-,78-,79-/m1/s1. The third-order valence-electron chi connectivity index (χ3n) is 19.4. The molecule has 0 bridgehead atoms. The molecule has 2 unspecified atom stereocenters. The van der Waals surface area contributed by atoms with E-state index in [0.29, 0.717) is 25.7 Å². The van der Waals surface area contributed by atoms with E-state index in [4.69, 9.17) is 37.0 Å². The van der Waals surface area contributed by atoms with Crippen molar-refractivity contribution in [3.05, 3.63) is 0 Å². The monoisotopic (exact) mass is 1490 g/mol. The highest BCUT2D eigenvalue weighted by Gasteiger charge is 2.30. The molecule has 3 N–H and O–H groups in total. The van der Waals surface area contributed by atoms with E-state index >= 15 is 0 Å². The Morgan fingerprint density at radius 3 is 0.667 bits per heavy atom. The van der Waals surface area contributed by atoms with Crippen molar-refractivity contribution in [2.75, 3.05) is 39.6 Å². The van der Waals surface area contributed by atoms with Gasteiger partial charge in [0.25, 0.3) is 0 Å². The van der Waals surface area contributed by atoms with Crippen molar-refractivity contribution in [2.24, 2.45) is 17.8 Å². The second-order valence-corrected chi connectivity index (χ2v) is 34.2. The molecule has 0 saturated heterocycles. The van der Waals surface area contributed by atoms with Crippen LogP contribution in [0.1, 0.15) is 434 Å². The summed E-state index contributed by atoms with van der Waals surface area (Å²) in [6.07, 6.45) is 62.4. The number of rotatable bonds is 81. The molecule has 0 aliphatic carbocycles. The van der Waals surface area contributed by atoms with Gasteiger partial charge in [-0.25, -0.2) is 9.13 Å². The third kappa shape index (κ3) is 76.3. The minimum atomic E-state index is -4.96. The molecule has 0 spiro atoms. The van der Waals surface area contributed by atoms with Crippen LogP contribution >= 0.6 is 15.6 Å². The van der Waals surface area contributed by atoms with E-state index in [9.17, 15) is 43.2 Å². The summed E-state index contributed by atoms with van der Waals surface area (Å²) in [5, 5.41) is 10.7. The van der Waals surface area contributed by atoms with Crippen LogP contribution in [0.2, 0.25) is 0 Å². The largest absolute Gasteiger partial charge is 0.472 e. The lowest BCUT2D eigenvalue weighted by atomic mass is 10.0. The van der Waals surface area contributed by atoms with Gasteiger partial charge in [-0.15, -0.1) is 0 Å². The average Bonchev–Trinajstić information content (AvgIpc) is 0.912. The number of aliphatic hydroxyl groups is 1. The van der Waals surface area contributed by atoms with Gasteiger partial charge in [0.15, 0.2) is 12.2 Å². The van der Waals surface area contributed by atoms with E-state index < -0.39 is 97.5 Å². The number of phosphoric acid groups is 2. The number of hydrogen-bond acceptors (Lipinski definition) is 15. The number of aliphatic hydroxyl groups excluding tert-OH is 1. The van der Waals surface area contributed by atoms with E-state index in [0.717, 1.165) is 108 Å². The van der Waals surface area contributed by atoms with Gasteiger partial charge in [-0.05, 0) is 43.4 Å². The molecule has 606 valence electrons. The molecule has 5 atom stereocenters. The molecule has 17 nitrogen and oxygen atoms in total. The molecule has 0 aromatic rings. The van der Waals surface area contributed by atoms with Gasteiger partial charge >= 0.3 is 39.5 Å². The van der Waals surface area contributed by atoms with Crippen LogP contribution < -0.4 is 0 Å². The molecule has 0 radical (unpaired) electrons. The fourth-order valence-corrected chi connectivity index (χ4v) is 14.4. The zero-order chi connectivity index (χ0) is 75.1. The molecule has 0 aromatic carbocycles. The number of esters is 4. The van der Waals surface area contributed by atoms with Gasteiger partial charge < -0.3 is 33.8 Å². The summed E-state index contributed by atoms with van der Waals surface area (Å²) < 4.78 is 68.8. The van der Waals surface area contributed by atoms with Crippen LogP contribution in [0.25, 0.3) is 0 Å². The fourth-order valence-electron chi connectivity index (χ4n) is 12.8. The summed E-state index contributed by atoms with van der Waals surface area (Å²) in [6.45, 7) is 12.0. The molecule has 0 aromatic heterocycles. The van der Waals surface area contributed by atoms with Crippen molar-refractivity contribution >= 4 is 39.5 Å². The third-order valence-corrected chi connectivity index (χ3v) is 21.3. The van der Waals surface area contributed by atoms with E-state index in [1.54, 1.807) is 0 Å². The van der Waals surface area contributed by atoms with Gasteiger partial charge in [0, 0.05) is 25.7 Å². The van der Waals surface area contributed by atoms with Crippen LogP contribution in [0.5, 0.6) is 0 Å². The smallest absolute Gasteiger partial charge is 0.462 e. The van der Waals surface area contributed by atoms with Crippen molar-refractivity contribution < 1.29 is 80.2 Å². The summed E-state index contributed by atoms with van der Waals surface area (Å²) in [6, 6.07) is 0. The van der Waals surface area contributed by atoms with Crippen molar-refractivity contribution in [1.82, 2.24) is 0 Å². The normalized spacial score (nSPS) is 13.9. The first kappa shape index (κ1) is 100. The topological polar surface area (TPSA) is 237 Å². The lowest BCUT2D eigenvalue weighted by Gasteiger charge is -2.21. The number of ether oxygens (including phenoxy) is 4. The van der Waals surface area contributed by atoms with E-state index in [1.807, 2.05) is 0 Å². The lowest BCUT2D eigenvalue weighted by Crippen LogP contribution is -2.30. The Hall–Kier alpha value is -1.94. The zero-order valence-corrected chi connectivity index (χ0v) is 68.9. The van der Waals surface area contributed by atoms with Crippen molar-refractivity contribution in [2.45, 2.75) is 452 Å². The molecule has 0 aliphatic heterocycles. The quantitative estimate of drug-likeness (QED) is 0.0222. The Morgan fingerprint density at radius 1 is 0.265 bits per heavy atom. The summed E-state index contributed by atoms with van der Waals surface area (Å²) in [5.74, 6) is 0.253. The number of phosphoric ester groups is 2. The highest BCUT2D eigenvalue weighted by Crippen LogP contribution is 2.45. The molecule has 0 fully saturated rings. The van der Waals surface area contributed by atoms with Crippen LogP contribution in [-0.2, 0) is 65.4 Å². The van der Waals surface area contributed by atoms with Crippen LogP contribution in [0.15, 0.2) is 0 Å². The van der Waals surface area contributed by atoms with Crippen LogP contribution in [-0.4, -0.2) is 96.7 Å². The summed E-state index contributed by atoms with van der Waals surface area (Å²) in [4.78, 5) is 73.1. The summed E-state index contributed by atoms with van der Waals surface area (Å²) in [7, 11) is -9.92. The highest BCUT2D eigenvalue weighted by molar-refractivity contribution is 7.47. The number of unbranched alkanes of at least 4 members (excludes halogenated alkanes) is 49. The fraction of sp³-hybridized carbons (Fsp3) is 0.952. The maximum atomic E-state index is 13.1. The summed E-state index contributed by atoms with van der Waals surface area (Å²) in [5.41, 5.74) is 0. The van der Waals surface area contributed by atoms with Gasteiger partial charge in [-0.3, -0.25) is 37.3 Å². The molecular formula is C83H162O17P2. The van der Waals surface area contributed by atoms with Crippen LogP contribution in [0, 0.1) is 17.8 Å². The van der Waals surface area contributed by atoms with Crippen LogP contribution in [0.4, 0.5) is 0 Å². The predicted octanol–water partition coefficient (Wildman–Crippen LogP) is 24.9. The average molecular weight is 1490 g/mol. The van der Waals surface area contributed by atoms with Gasteiger partial charge in [-0.1, -0.05) is 382 Å². The van der Waals surface area contributed by atoms with E-state index in [-0.39, 0.29) is 25.7 Å². The highest BCUT2D eigenvalue weighted by atomic mass is 31.2. The molecular weight excluding hydrogens is 1330 g/mol. The number of carbonyl (C=O) groups is 4. The maximum Gasteiger partial charge on any atom is 0.472 e. The van der Waals surface area contributed by atoms with E-state index in [2.05, 4.69) is 48.5 Å². The minimum Gasteiger partial charge on any atom is -0.462 e. The molecule has 0 amide bonds. The lowest BCUT2D eigenvalue weighted by molar-refractivity contribution is -0.161. The first-order chi connectivity index (χ1) is 49.2. The Balaban J connectivity index is 5.25. The Morgan fingerprint density at radius 2 is 0.451 bits per heavy atom. The Labute approximate surface area is 626 Å². The van der Waals surface area contributed by atoms with Gasteiger partial charge in [0.1, 0.15) is 19.3 Å². The zero-order valence-electron chi connectivity index (χ0n) is 67.1. The van der Waals surface area contributed by atoms with Crippen molar-refractivity contribution in [3.8, 4) is 0 Å². The van der Waals surface area contributed by atoms with Gasteiger partial charge in [0.05, 0.1) is 26.4 Å². The van der Waals surface area contributed by atoms with E-state index in [1.165, 1.54) is 244 Å². The molecule has 102 heavy (non-hydrogen) atoms. The molecule has 0 rings (SSSR count). The van der Waals surface area contributed by atoms with Gasteiger partial charge in [-0.2, -0.15) is 0 Å².